The number of rotatable bonds is 9. The normalized spacial score (nSPS) is 10.6. The van der Waals surface area contributed by atoms with Gasteiger partial charge in [-0.15, -0.1) is 11.3 Å². The fraction of sp³-hybridized carbons (Fsp3) is 0.174. The third-order valence-corrected chi connectivity index (χ3v) is 5.16. The molecule has 1 aromatic heterocycles. The molecular weight excluding hydrogens is 432 g/mol. The molecule has 1 N–H and O–H groups in total. The number of amides is 1. The number of hydrazone groups is 1. The molecule has 8 nitrogen and oxygen atoms in total. The summed E-state index contributed by atoms with van der Waals surface area (Å²) < 4.78 is 21.3. The van der Waals surface area contributed by atoms with E-state index in [2.05, 4.69) is 10.5 Å². The van der Waals surface area contributed by atoms with E-state index in [0.717, 1.165) is 4.88 Å². The SMILES string of the molecule is COc1cc(C(=O)Oc2cccc(/C=N\NC(=O)Cc3cccs3)c2)cc(OC)c1OC. The predicted molar refractivity (Wildman–Crippen MR) is 121 cm³/mol. The van der Waals surface area contributed by atoms with Gasteiger partial charge in [0.2, 0.25) is 11.7 Å². The first kappa shape index (κ1) is 22.8. The third-order valence-electron chi connectivity index (χ3n) is 4.29. The van der Waals surface area contributed by atoms with Gasteiger partial charge in [-0.3, -0.25) is 4.79 Å². The molecule has 0 radical (unpaired) electrons. The molecular formula is C23H22N2O6S. The van der Waals surface area contributed by atoms with E-state index in [-0.39, 0.29) is 17.9 Å². The van der Waals surface area contributed by atoms with E-state index in [1.54, 1.807) is 24.3 Å². The number of hydrogen-bond donors (Lipinski definition) is 1. The standard InChI is InChI=1S/C23H22N2O6S/c1-28-19-11-16(12-20(29-2)22(19)30-3)23(27)31-17-7-4-6-15(10-17)14-24-25-21(26)13-18-8-5-9-32-18/h4-12,14H,13H2,1-3H3,(H,25,26)/b24-14-. The van der Waals surface area contributed by atoms with Crippen molar-refractivity contribution in [2.45, 2.75) is 6.42 Å². The topological polar surface area (TPSA) is 95.5 Å². The Morgan fingerprint density at radius 2 is 1.75 bits per heavy atom. The van der Waals surface area contributed by atoms with Gasteiger partial charge >= 0.3 is 5.97 Å². The van der Waals surface area contributed by atoms with Crippen LogP contribution in [0.3, 0.4) is 0 Å². The highest BCUT2D eigenvalue weighted by atomic mass is 32.1. The maximum Gasteiger partial charge on any atom is 0.343 e. The van der Waals surface area contributed by atoms with Gasteiger partial charge in [-0.05, 0) is 41.3 Å². The molecule has 1 heterocycles. The number of hydrogen-bond acceptors (Lipinski definition) is 8. The van der Waals surface area contributed by atoms with Crippen LogP contribution in [0.4, 0.5) is 0 Å². The maximum absolute atomic E-state index is 12.7. The molecule has 9 heteroatoms. The van der Waals surface area contributed by atoms with Crippen molar-refractivity contribution in [3.63, 3.8) is 0 Å². The molecule has 0 atom stereocenters. The number of carbonyl (C=O) groups is 2. The lowest BCUT2D eigenvalue weighted by Gasteiger charge is -2.13. The zero-order valence-electron chi connectivity index (χ0n) is 17.8. The van der Waals surface area contributed by atoms with E-state index >= 15 is 0 Å². The van der Waals surface area contributed by atoms with Crippen LogP contribution >= 0.6 is 11.3 Å². The zero-order valence-corrected chi connectivity index (χ0v) is 18.6. The van der Waals surface area contributed by atoms with E-state index in [4.69, 9.17) is 18.9 Å². The minimum atomic E-state index is -0.595. The molecule has 0 unspecified atom stereocenters. The Labute approximate surface area is 189 Å². The summed E-state index contributed by atoms with van der Waals surface area (Å²) in [7, 11) is 4.42. The lowest BCUT2D eigenvalue weighted by atomic mass is 10.1. The number of thiophene rings is 1. The first-order valence-electron chi connectivity index (χ1n) is 9.50. The van der Waals surface area contributed by atoms with Gasteiger partial charge in [-0.25, -0.2) is 10.2 Å². The second-order valence-corrected chi connectivity index (χ2v) is 7.46. The average Bonchev–Trinajstić information content (AvgIpc) is 3.31. The van der Waals surface area contributed by atoms with E-state index in [0.29, 0.717) is 28.6 Å². The third kappa shape index (κ3) is 5.86. The number of ether oxygens (including phenoxy) is 4. The van der Waals surface area contributed by atoms with Gasteiger partial charge < -0.3 is 18.9 Å². The van der Waals surface area contributed by atoms with Gasteiger partial charge in [0.1, 0.15) is 5.75 Å². The molecule has 0 fully saturated rings. The fourth-order valence-corrected chi connectivity index (χ4v) is 3.52. The van der Waals surface area contributed by atoms with E-state index in [1.165, 1.54) is 51.0 Å². The van der Waals surface area contributed by atoms with Crippen molar-refractivity contribution >= 4 is 29.4 Å². The zero-order chi connectivity index (χ0) is 22.9. The molecule has 166 valence electrons. The largest absolute Gasteiger partial charge is 0.493 e. The molecule has 0 saturated carbocycles. The van der Waals surface area contributed by atoms with Crippen LogP contribution in [0, 0.1) is 0 Å². The predicted octanol–water partition coefficient (Wildman–Crippen LogP) is 3.69. The van der Waals surface area contributed by atoms with Crippen molar-refractivity contribution in [3.05, 3.63) is 69.9 Å². The Morgan fingerprint density at radius 3 is 2.38 bits per heavy atom. The maximum atomic E-state index is 12.7. The second-order valence-electron chi connectivity index (χ2n) is 6.43. The number of nitrogens with zero attached hydrogens (tertiary/aromatic N) is 1. The first-order valence-corrected chi connectivity index (χ1v) is 10.4. The lowest BCUT2D eigenvalue weighted by molar-refractivity contribution is -0.120. The summed E-state index contributed by atoms with van der Waals surface area (Å²) in [6, 6.07) is 13.6. The lowest BCUT2D eigenvalue weighted by Crippen LogP contribution is -2.19. The monoisotopic (exact) mass is 454 g/mol. The average molecular weight is 455 g/mol. The Balaban J connectivity index is 1.66. The van der Waals surface area contributed by atoms with Crippen LogP contribution in [0.1, 0.15) is 20.8 Å². The summed E-state index contributed by atoms with van der Waals surface area (Å²) in [5.74, 6) is 0.579. The van der Waals surface area contributed by atoms with Gasteiger partial charge in [0, 0.05) is 4.88 Å². The molecule has 0 saturated heterocycles. The molecule has 32 heavy (non-hydrogen) atoms. The number of methoxy groups -OCH3 is 3. The molecule has 0 spiro atoms. The number of nitrogens with one attached hydrogen (secondary N) is 1. The van der Waals surface area contributed by atoms with Gasteiger partial charge in [0.15, 0.2) is 11.5 Å². The Bertz CT molecular complexity index is 1090. The summed E-state index contributed by atoms with van der Waals surface area (Å²) in [6.07, 6.45) is 1.74. The van der Waals surface area contributed by atoms with Crippen molar-refractivity contribution in [2.24, 2.45) is 5.10 Å². The molecule has 0 aliphatic heterocycles. The van der Waals surface area contributed by atoms with Crippen LogP contribution in [-0.4, -0.2) is 39.4 Å². The highest BCUT2D eigenvalue weighted by molar-refractivity contribution is 7.10. The number of esters is 1. The van der Waals surface area contributed by atoms with Crippen molar-refractivity contribution in [2.75, 3.05) is 21.3 Å². The summed E-state index contributed by atoms with van der Waals surface area (Å²) >= 11 is 1.51. The van der Waals surface area contributed by atoms with E-state index in [1.807, 2.05) is 17.5 Å². The highest BCUT2D eigenvalue weighted by Crippen LogP contribution is 2.38. The Hall–Kier alpha value is -3.85. The fourth-order valence-electron chi connectivity index (χ4n) is 2.81. The number of benzene rings is 2. The van der Waals surface area contributed by atoms with Crippen molar-refractivity contribution in [1.29, 1.82) is 0 Å². The molecule has 3 aromatic rings. The highest BCUT2D eigenvalue weighted by Gasteiger charge is 2.18. The summed E-state index contributed by atoms with van der Waals surface area (Å²) in [6.45, 7) is 0. The molecule has 0 aliphatic rings. The Kier molecular flexibility index (Phi) is 7.82. The minimum Gasteiger partial charge on any atom is -0.493 e. The molecule has 1 amide bonds. The second kappa shape index (κ2) is 11.0. The quantitative estimate of drug-likeness (QED) is 0.229. The van der Waals surface area contributed by atoms with Crippen LogP contribution in [-0.2, 0) is 11.2 Å². The summed E-state index contributed by atoms with van der Waals surface area (Å²) in [5.41, 5.74) is 3.37. The molecule has 0 aliphatic carbocycles. The van der Waals surface area contributed by atoms with Crippen LogP contribution in [0.5, 0.6) is 23.0 Å². The van der Waals surface area contributed by atoms with Crippen LogP contribution in [0.25, 0.3) is 0 Å². The van der Waals surface area contributed by atoms with Gasteiger partial charge in [0.05, 0.1) is 39.5 Å². The van der Waals surface area contributed by atoms with Crippen molar-refractivity contribution in [3.8, 4) is 23.0 Å². The molecule has 2 aromatic carbocycles. The van der Waals surface area contributed by atoms with Crippen molar-refractivity contribution in [1.82, 2.24) is 5.43 Å². The Morgan fingerprint density at radius 1 is 1.00 bits per heavy atom. The first-order chi connectivity index (χ1) is 15.5. The van der Waals surface area contributed by atoms with Gasteiger partial charge in [-0.2, -0.15) is 5.10 Å². The van der Waals surface area contributed by atoms with Gasteiger partial charge in [-0.1, -0.05) is 18.2 Å². The van der Waals surface area contributed by atoms with Crippen LogP contribution in [0.15, 0.2) is 59.0 Å². The number of carbonyl (C=O) groups excluding carboxylic acids is 2. The van der Waals surface area contributed by atoms with Crippen molar-refractivity contribution < 1.29 is 28.5 Å². The van der Waals surface area contributed by atoms with E-state index in [9.17, 15) is 9.59 Å². The summed E-state index contributed by atoms with van der Waals surface area (Å²) in [5, 5.41) is 5.87. The van der Waals surface area contributed by atoms with E-state index < -0.39 is 5.97 Å². The smallest absolute Gasteiger partial charge is 0.343 e. The van der Waals surface area contributed by atoms with Crippen LogP contribution < -0.4 is 24.4 Å². The molecule has 3 rings (SSSR count). The van der Waals surface area contributed by atoms with Crippen LogP contribution in [0.2, 0.25) is 0 Å². The molecule has 0 bridgehead atoms. The van der Waals surface area contributed by atoms with Gasteiger partial charge in [0.25, 0.3) is 0 Å². The minimum absolute atomic E-state index is 0.214. The summed E-state index contributed by atoms with van der Waals surface area (Å²) in [4.78, 5) is 25.5.